The molecule has 1 N–H and O–H groups in total. The van der Waals surface area contributed by atoms with Gasteiger partial charge in [-0.15, -0.1) is 0 Å². The summed E-state index contributed by atoms with van der Waals surface area (Å²) in [5, 5.41) is 10.7. The van der Waals surface area contributed by atoms with Gasteiger partial charge in [-0.2, -0.15) is 0 Å². The number of rotatable bonds is 3. The van der Waals surface area contributed by atoms with Crippen LogP contribution in [0.5, 0.6) is 5.75 Å². The molecule has 1 atom stereocenters. The third kappa shape index (κ3) is 2.79. The number of halogens is 2. The molecule has 0 saturated heterocycles. The Hall–Kier alpha value is -1.58. The zero-order valence-electron chi connectivity index (χ0n) is 11.6. The molecule has 106 valence electrons. The summed E-state index contributed by atoms with van der Waals surface area (Å²) in [6, 6.07) is 7.72. The van der Waals surface area contributed by atoms with Crippen molar-refractivity contribution in [2.45, 2.75) is 20.0 Å². The third-order valence-corrected chi connectivity index (χ3v) is 3.66. The molecule has 0 aliphatic heterocycles. The van der Waals surface area contributed by atoms with Crippen LogP contribution in [0.25, 0.3) is 0 Å². The Labute approximate surface area is 122 Å². The van der Waals surface area contributed by atoms with Gasteiger partial charge in [0.1, 0.15) is 17.7 Å². The van der Waals surface area contributed by atoms with Crippen LogP contribution in [0.3, 0.4) is 0 Å². The average Bonchev–Trinajstić information content (AvgIpc) is 2.40. The quantitative estimate of drug-likeness (QED) is 0.920. The van der Waals surface area contributed by atoms with E-state index in [-0.39, 0.29) is 5.02 Å². The Morgan fingerprint density at radius 3 is 2.40 bits per heavy atom. The Morgan fingerprint density at radius 1 is 1.10 bits per heavy atom. The summed E-state index contributed by atoms with van der Waals surface area (Å²) in [6.07, 6.45) is -0.896. The molecule has 2 aromatic carbocycles. The van der Waals surface area contributed by atoms with Crippen molar-refractivity contribution in [2.75, 3.05) is 7.11 Å². The maximum atomic E-state index is 13.1. The molecule has 1 unspecified atom stereocenters. The van der Waals surface area contributed by atoms with Gasteiger partial charge in [-0.25, -0.2) is 4.39 Å². The van der Waals surface area contributed by atoms with Crippen LogP contribution in [-0.4, -0.2) is 12.2 Å². The van der Waals surface area contributed by atoms with Crippen LogP contribution < -0.4 is 4.74 Å². The SMILES string of the molecule is COc1cc(C)c(C(O)c2ccc(F)cc2Cl)cc1C. The molecule has 0 spiro atoms. The van der Waals surface area contributed by atoms with Crippen molar-refractivity contribution in [1.29, 1.82) is 0 Å². The second-order valence-electron chi connectivity index (χ2n) is 4.75. The van der Waals surface area contributed by atoms with Crippen LogP contribution >= 0.6 is 11.6 Å². The molecule has 0 amide bonds. The van der Waals surface area contributed by atoms with Crippen molar-refractivity contribution < 1.29 is 14.2 Å². The van der Waals surface area contributed by atoms with Crippen LogP contribution in [0.2, 0.25) is 5.02 Å². The summed E-state index contributed by atoms with van der Waals surface area (Å²) >= 11 is 6.00. The van der Waals surface area contributed by atoms with E-state index in [1.54, 1.807) is 7.11 Å². The highest BCUT2D eigenvalue weighted by atomic mass is 35.5. The fourth-order valence-corrected chi connectivity index (χ4v) is 2.49. The van der Waals surface area contributed by atoms with E-state index in [4.69, 9.17) is 16.3 Å². The van der Waals surface area contributed by atoms with Gasteiger partial charge in [0.05, 0.1) is 7.11 Å². The summed E-state index contributed by atoms with van der Waals surface area (Å²) < 4.78 is 18.3. The molecular weight excluding hydrogens is 279 g/mol. The van der Waals surface area contributed by atoms with Crippen LogP contribution in [-0.2, 0) is 0 Å². The Balaban J connectivity index is 2.48. The van der Waals surface area contributed by atoms with Crippen LogP contribution in [0.1, 0.15) is 28.4 Å². The van der Waals surface area contributed by atoms with Crippen molar-refractivity contribution in [1.82, 2.24) is 0 Å². The van der Waals surface area contributed by atoms with Crippen molar-refractivity contribution in [2.24, 2.45) is 0 Å². The molecule has 0 radical (unpaired) electrons. The van der Waals surface area contributed by atoms with E-state index in [1.165, 1.54) is 18.2 Å². The first-order valence-corrected chi connectivity index (χ1v) is 6.60. The molecule has 2 rings (SSSR count). The fourth-order valence-electron chi connectivity index (χ4n) is 2.22. The first-order chi connectivity index (χ1) is 9.43. The minimum absolute atomic E-state index is 0.213. The summed E-state index contributed by atoms with van der Waals surface area (Å²) in [7, 11) is 1.61. The van der Waals surface area contributed by atoms with E-state index in [0.717, 1.165) is 22.4 Å². The van der Waals surface area contributed by atoms with E-state index >= 15 is 0 Å². The highest BCUT2D eigenvalue weighted by molar-refractivity contribution is 6.31. The van der Waals surface area contributed by atoms with E-state index in [2.05, 4.69) is 0 Å². The van der Waals surface area contributed by atoms with Gasteiger partial charge in [-0.1, -0.05) is 17.7 Å². The first kappa shape index (κ1) is 14.8. The Bertz CT molecular complexity index is 641. The van der Waals surface area contributed by atoms with Gasteiger partial charge >= 0.3 is 0 Å². The average molecular weight is 295 g/mol. The molecule has 0 fully saturated rings. The molecule has 2 nitrogen and oxygen atoms in total. The number of benzene rings is 2. The lowest BCUT2D eigenvalue weighted by molar-refractivity contribution is 0.219. The van der Waals surface area contributed by atoms with Gasteiger partial charge in [-0.05, 0) is 54.8 Å². The lowest BCUT2D eigenvalue weighted by atomic mass is 9.95. The number of hydrogen-bond acceptors (Lipinski definition) is 2. The molecule has 20 heavy (non-hydrogen) atoms. The minimum Gasteiger partial charge on any atom is -0.496 e. The summed E-state index contributed by atoms with van der Waals surface area (Å²) in [4.78, 5) is 0. The minimum atomic E-state index is -0.896. The number of aliphatic hydroxyl groups is 1. The predicted octanol–water partition coefficient (Wildman–Crippen LogP) is 4.19. The Morgan fingerprint density at radius 2 is 1.80 bits per heavy atom. The molecule has 0 heterocycles. The largest absolute Gasteiger partial charge is 0.496 e. The maximum Gasteiger partial charge on any atom is 0.124 e. The van der Waals surface area contributed by atoms with Gasteiger partial charge in [0, 0.05) is 10.6 Å². The van der Waals surface area contributed by atoms with Gasteiger partial charge in [-0.3, -0.25) is 0 Å². The van der Waals surface area contributed by atoms with E-state index < -0.39 is 11.9 Å². The highest BCUT2D eigenvalue weighted by Crippen LogP contribution is 2.33. The lowest BCUT2D eigenvalue weighted by Gasteiger charge is -2.18. The van der Waals surface area contributed by atoms with E-state index in [0.29, 0.717) is 5.56 Å². The van der Waals surface area contributed by atoms with Gasteiger partial charge in [0.15, 0.2) is 0 Å². The third-order valence-electron chi connectivity index (χ3n) is 3.34. The van der Waals surface area contributed by atoms with Crippen LogP contribution in [0.15, 0.2) is 30.3 Å². The van der Waals surface area contributed by atoms with Crippen LogP contribution in [0.4, 0.5) is 4.39 Å². The summed E-state index contributed by atoms with van der Waals surface area (Å²) in [5.41, 5.74) is 3.03. The molecular formula is C16H16ClFO2. The molecule has 0 aliphatic carbocycles. The van der Waals surface area contributed by atoms with Crippen molar-refractivity contribution in [3.8, 4) is 5.75 Å². The molecule has 0 bridgehead atoms. The summed E-state index contributed by atoms with van der Waals surface area (Å²) in [5.74, 6) is 0.345. The normalized spacial score (nSPS) is 12.3. The van der Waals surface area contributed by atoms with E-state index in [1.807, 2.05) is 26.0 Å². The highest BCUT2D eigenvalue weighted by Gasteiger charge is 2.18. The number of ether oxygens (including phenoxy) is 1. The van der Waals surface area contributed by atoms with Crippen molar-refractivity contribution >= 4 is 11.6 Å². The fraction of sp³-hybridized carbons (Fsp3) is 0.250. The monoisotopic (exact) mass is 294 g/mol. The Kier molecular flexibility index (Phi) is 4.31. The number of methoxy groups -OCH3 is 1. The van der Waals surface area contributed by atoms with Crippen LogP contribution in [0, 0.1) is 19.7 Å². The van der Waals surface area contributed by atoms with Gasteiger partial charge in [0.2, 0.25) is 0 Å². The smallest absolute Gasteiger partial charge is 0.124 e. The standard InChI is InChI=1S/C16H16ClFO2/c1-9-7-15(20-3)10(2)6-13(9)16(19)12-5-4-11(18)8-14(12)17/h4-8,16,19H,1-3H3. The van der Waals surface area contributed by atoms with Gasteiger partial charge in [0.25, 0.3) is 0 Å². The number of hydrogen-bond donors (Lipinski definition) is 1. The summed E-state index contributed by atoms with van der Waals surface area (Å²) in [6.45, 7) is 3.79. The topological polar surface area (TPSA) is 29.5 Å². The number of aryl methyl sites for hydroxylation is 2. The zero-order chi connectivity index (χ0) is 14.9. The van der Waals surface area contributed by atoms with E-state index in [9.17, 15) is 9.50 Å². The molecule has 2 aromatic rings. The molecule has 4 heteroatoms. The second-order valence-corrected chi connectivity index (χ2v) is 5.15. The maximum absolute atomic E-state index is 13.1. The molecule has 0 aromatic heterocycles. The zero-order valence-corrected chi connectivity index (χ0v) is 12.3. The lowest BCUT2D eigenvalue weighted by Crippen LogP contribution is -2.04. The second kappa shape index (κ2) is 5.81. The number of aliphatic hydroxyl groups excluding tert-OH is 1. The molecule has 0 aliphatic rings. The van der Waals surface area contributed by atoms with Crippen molar-refractivity contribution in [3.63, 3.8) is 0 Å². The first-order valence-electron chi connectivity index (χ1n) is 6.22. The van der Waals surface area contributed by atoms with Gasteiger partial charge < -0.3 is 9.84 Å². The van der Waals surface area contributed by atoms with Crippen molar-refractivity contribution in [3.05, 3.63) is 63.4 Å². The molecule has 0 saturated carbocycles. The predicted molar refractivity (Wildman–Crippen MR) is 77.9 cm³/mol.